The first-order valence-corrected chi connectivity index (χ1v) is 48.2. The number of nitrogen functional groups attached to an aromatic ring is 5. The Morgan fingerprint density at radius 3 is 0.944 bits per heavy atom. The van der Waals surface area contributed by atoms with E-state index in [4.69, 9.17) is 69.9 Å². The highest BCUT2D eigenvalue weighted by Crippen LogP contribution is 2.41. The predicted octanol–water partition coefficient (Wildman–Crippen LogP) is 23.3. The fraction of sp³-hybridized carbons (Fsp3) is 0.195. The number of pyridine rings is 5. The highest BCUT2D eigenvalue weighted by Gasteiger charge is 2.27. The number of fused-ring (bicyclic) bond motifs is 15. The molecule has 0 spiro atoms. The van der Waals surface area contributed by atoms with Crippen LogP contribution in [0.15, 0.2) is 274 Å². The number of halogens is 2. The van der Waals surface area contributed by atoms with E-state index in [1.165, 1.54) is 40.4 Å². The minimum atomic E-state index is -0.263. The molecule has 15 heterocycles. The second kappa shape index (κ2) is 38.6. The number of rotatable bonds is 16. The fourth-order valence-corrected chi connectivity index (χ4v) is 20.2. The number of nitrogens with two attached hydrogens (primary N) is 5. The lowest BCUT2D eigenvalue weighted by atomic mass is 9.99. The van der Waals surface area contributed by atoms with Gasteiger partial charge in [0.25, 0.3) is 0 Å². The number of aromatic nitrogens is 15. The van der Waals surface area contributed by atoms with Gasteiger partial charge in [-0.15, -0.1) is 0 Å². The number of aromatic amines is 5. The van der Waals surface area contributed by atoms with Gasteiger partial charge in [-0.1, -0.05) is 165 Å². The number of methoxy groups -OCH3 is 1. The molecule has 0 radical (unpaired) electrons. The van der Waals surface area contributed by atoms with Gasteiger partial charge in [-0.05, 0) is 218 Å². The van der Waals surface area contributed by atoms with Crippen LogP contribution in [-0.4, -0.2) is 139 Å². The van der Waals surface area contributed by atoms with Gasteiger partial charge in [0, 0.05) is 98.7 Å². The van der Waals surface area contributed by atoms with Crippen LogP contribution in [0.25, 0.3) is 165 Å². The molecule has 0 saturated carbocycles. The van der Waals surface area contributed by atoms with Crippen LogP contribution in [0.1, 0.15) is 104 Å². The number of allylic oxidation sites excluding steroid dienone is 5. The Hall–Kier alpha value is -17.2. The summed E-state index contributed by atoms with van der Waals surface area (Å²) >= 11 is 6.36. The summed E-state index contributed by atoms with van der Waals surface area (Å²) in [6.07, 6.45) is 11.0. The summed E-state index contributed by atoms with van der Waals surface area (Å²) in [5, 5.41) is 15.0. The van der Waals surface area contributed by atoms with Crippen LogP contribution in [0.2, 0.25) is 5.02 Å². The molecule has 142 heavy (non-hydrogen) atoms. The molecule has 29 heteroatoms. The molecule has 10 aromatic heterocycles. The molecule has 708 valence electrons. The van der Waals surface area contributed by atoms with E-state index in [1.54, 1.807) is 13.2 Å². The lowest BCUT2D eigenvalue weighted by molar-refractivity contribution is 0.378. The second-order valence-electron chi connectivity index (χ2n) is 36.9. The van der Waals surface area contributed by atoms with E-state index in [-0.39, 0.29) is 5.82 Å². The third kappa shape index (κ3) is 18.5. The Morgan fingerprint density at radius 1 is 0.338 bits per heavy atom. The van der Waals surface area contributed by atoms with Crippen molar-refractivity contribution in [1.82, 2.24) is 99.3 Å². The Labute approximate surface area is 823 Å². The summed E-state index contributed by atoms with van der Waals surface area (Å²) in [5.41, 5.74) is 61.1. The number of benzene rings is 10. The number of nitrogens with zero attached hydrogens (tertiary/aromatic N) is 16. The second-order valence-corrected chi connectivity index (χ2v) is 37.3. The molecule has 0 unspecified atom stereocenters. The van der Waals surface area contributed by atoms with Crippen molar-refractivity contribution in [3.8, 4) is 67.5 Å². The Morgan fingerprint density at radius 2 is 0.627 bits per heavy atom. The summed E-state index contributed by atoms with van der Waals surface area (Å²) in [6, 6.07) is 71.1. The number of H-pyrrole nitrogens is 5. The van der Waals surface area contributed by atoms with Crippen molar-refractivity contribution in [3.63, 3.8) is 0 Å². The maximum Gasteiger partial charge on any atom is 0.150 e. The Bertz CT molecular complexity index is 8320. The van der Waals surface area contributed by atoms with Gasteiger partial charge in [-0.3, -0.25) is 0 Å². The zero-order chi connectivity index (χ0) is 97.7. The number of ether oxygens (including phenoxy) is 1. The monoisotopic (exact) mass is 1900 g/mol. The zero-order valence-corrected chi connectivity index (χ0v) is 79.8. The summed E-state index contributed by atoms with van der Waals surface area (Å²) < 4.78 is 18.9. The van der Waals surface area contributed by atoms with Crippen LogP contribution in [0.4, 0.5) is 33.5 Å². The molecule has 10 aromatic carbocycles. The lowest BCUT2D eigenvalue weighted by Gasteiger charge is -2.16. The third-order valence-electron chi connectivity index (χ3n) is 27.4. The number of anilines is 5. The minimum Gasteiger partial charge on any atom is -0.497 e. The zero-order valence-electron chi connectivity index (χ0n) is 79.1. The van der Waals surface area contributed by atoms with Crippen molar-refractivity contribution in [1.29, 1.82) is 5.26 Å². The predicted molar refractivity (Wildman–Crippen MR) is 571 cm³/mol. The quantitative estimate of drug-likeness (QED) is 0.0429. The molecule has 0 aliphatic carbocycles. The topological polar surface area (TPSA) is 387 Å². The molecular formula is C113H106ClFN26O. The molecule has 15 N–H and O–H groups in total. The normalized spacial score (nSPS) is 14.3. The van der Waals surface area contributed by atoms with Crippen molar-refractivity contribution in [2.75, 3.05) is 68.5 Å². The van der Waals surface area contributed by atoms with E-state index < -0.39 is 0 Å². The van der Waals surface area contributed by atoms with Crippen molar-refractivity contribution in [3.05, 3.63) is 325 Å². The number of nitrogens with one attached hydrogen (secondary N) is 5. The van der Waals surface area contributed by atoms with E-state index >= 15 is 0 Å². The van der Waals surface area contributed by atoms with E-state index in [0.29, 0.717) is 59.3 Å². The van der Waals surface area contributed by atoms with Gasteiger partial charge in [-0.2, -0.15) is 5.26 Å². The van der Waals surface area contributed by atoms with Crippen molar-refractivity contribution < 1.29 is 9.13 Å². The largest absolute Gasteiger partial charge is 0.497 e. The standard InChI is InChI=1S/C23H20N6.C23H23N5O.C23H23N5.C22H20ClN5.C22H20FN5/c1-14-5-4-10-29(14)13-20-27-21-18-9-8-15(17-7-3-2-6-16(17)12-24)11-19(18)26-23(25)22(21)28-20;1-14-5-4-10-28(14)13-20-26-21-18-9-8-16(15-6-3-7-17(11-15)29-2)12-19(18)25-23(24)22(21)27-20;1-14-5-3-7-16(11-14)17-8-9-18-19(12-17)25-23(24)22-21(18)26-20(27-22)13-28-10-4-6-15(28)2;1-13-5-4-10-28(13)12-19-26-20-16-9-8-14(15-6-2-3-7-17(15)23)11-18(16)25-22(24)21(20)27-19;1-13-4-3-9-28(13)12-19-26-20-17-8-7-15(14-5-2-6-16(23)10-14)11-18(17)25-22(24)21(20)27-19/h2-3,6-9,11H,1,4-5,10,13H2,(H2,25,26)(H,27,28);3,6-9,11-12H,1,4-5,10,13H2,2H3,(H2,24,25)(H,26,27);3,5,7-9,11-12H,2,4,6,10,13H2,1H3,(H2,24,25)(H,26,27);2-3,6-9,11H,1,4-5,10,12H2,(H2,24,25)(H,26,27);2,5-8,10-11H,1,3-4,9,12H2,(H2,24,25)(H,26,27). The average Bonchev–Trinajstić information content (AvgIpc) is 1.62. The molecule has 5 aliphatic rings. The first kappa shape index (κ1) is 91.2. The van der Waals surface area contributed by atoms with Gasteiger partial charge in [0.1, 0.15) is 125 Å². The van der Waals surface area contributed by atoms with Crippen LogP contribution < -0.4 is 33.4 Å². The molecule has 0 bridgehead atoms. The molecule has 25 rings (SSSR count). The average molecular weight is 1900 g/mol. The van der Waals surface area contributed by atoms with Crippen LogP contribution in [0.5, 0.6) is 5.75 Å². The van der Waals surface area contributed by atoms with Gasteiger partial charge in [0.15, 0.2) is 0 Å². The van der Waals surface area contributed by atoms with Gasteiger partial charge < -0.3 is 82.8 Å². The highest BCUT2D eigenvalue weighted by molar-refractivity contribution is 6.33. The summed E-state index contributed by atoms with van der Waals surface area (Å²) in [5.74, 6) is 7.21. The summed E-state index contributed by atoms with van der Waals surface area (Å²) in [7, 11) is 1.67. The number of likely N-dealkylation sites (tertiary alicyclic amines) is 5. The van der Waals surface area contributed by atoms with Gasteiger partial charge in [0.2, 0.25) is 0 Å². The number of imidazole rings is 5. The molecule has 20 aromatic rings. The van der Waals surface area contributed by atoms with E-state index in [0.717, 1.165) is 316 Å². The van der Waals surface area contributed by atoms with Crippen molar-refractivity contribution in [2.45, 2.75) is 104 Å². The number of aryl methyl sites for hydroxylation is 1. The first-order valence-electron chi connectivity index (χ1n) is 47.8. The van der Waals surface area contributed by atoms with Crippen LogP contribution in [0.3, 0.4) is 0 Å². The van der Waals surface area contributed by atoms with Crippen molar-refractivity contribution in [2.24, 2.45) is 0 Å². The maximum atomic E-state index is 13.6. The third-order valence-corrected chi connectivity index (χ3v) is 27.7. The molecule has 0 atom stereocenters. The molecule has 27 nitrogen and oxygen atoms in total. The highest BCUT2D eigenvalue weighted by atomic mass is 35.5. The van der Waals surface area contributed by atoms with Gasteiger partial charge in [-0.25, -0.2) is 54.2 Å². The number of hydrogen-bond acceptors (Lipinski definition) is 22. The Kier molecular flexibility index (Phi) is 24.8. The number of hydrogen-bond donors (Lipinski definition) is 10. The molecular weight excluding hydrogens is 1790 g/mol. The molecule has 5 saturated heterocycles. The van der Waals surface area contributed by atoms with Gasteiger partial charge in [0.05, 0.1) is 79.0 Å². The van der Waals surface area contributed by atoms with E-state index in [2.05, 4.69) is 193 Å². The molecule has 5 aliphatic heterocycles. The van der Waals surface area contributed by atoms with Crippen LogP contribution in [0, 0.1) is 24.1 Å². The fourth-order valence-electron chi connectivity index (χ4n) is 19.9. The van der Waals surface area contributed by atoms with Crippen molar-refractivity contribution >= 4 is 150 Å². The van der Waals surface area contributed by atoms with Crippen LogP contribution >= 0.6 is 11.6 Å². The molecule has 5 fully saturated rings. The SMILES string of the molecule is C=C1CCCN1Cc1nc2c([nH]1)c(N)nc1cc(-c3cccc(C)c3)ccc12.C=C1CCCN1Cc1nc2c([nH]1)c(N)nc1cc(-c3cccc(F)c3)ccc12.C=C1CCCN1Cc1nc2c([nH]1)c(N)nc1cc(-c3cccc(OC)c3)ccc12.C=C1CCCN1Cc1nc2c([nH]1)c(N)nc1cc(-c3ccccc3C#N)ccc12.C=C1CCCN1Cc1nc2c([nH]1)c(N)nc1cc(-c3ccccc3Cl)ccc12. The molecule has 0 amide bonds. The maximum absolute atomic E-state index is 13.6. The summed E-state index contributed by atoms with van der Waals surface area (Å²) in [4.78, 5) is 75.3. The first-order chi connectivity index (χ1) is 69.0. The minimum absolute atomic E-state index is 0.263. The van der Waals surface area contributed by atoms with E-state index in [9.17, 15) is 9.65 Å². The smallest absolute Gasteiger partial charge is 0.150 e. The van der Waals surface area contributed by atoms with Crippen LogP contribution in [-0.2, 0) is 32.7 Å². The number of nitriles is 1. The van der Waals surface area contributed by atoms with E-state index in [1.807, 2.05) is 121 Å². The Balaban J connectivity index is 0.000000105. The summed E-state index contributed by atoms with van der Waals surface area (Å²) in [6.45, 7) is 31.4. The lowest BCUT2D eigenvalue weighted by Crippen LogP contribution is -2.17. The van der Waals surface area contributed by atoms with Gasteiger partial charge >= 0.3 is 0 Å².